The van der Waals surface area contributed by atoms with E-state index in [1.165, 1.54) is 11.9 Å². The molecule has 2 aliphatic heterocycles. The van der Waals surface area contributed by atoms with Crippen LogP contribution in [0.2, 0.25) is 0 Å². The van der Waals surface area contributed by atoms with Gasteiger partial charge in [-0.3, -0.25) is 4.68 Å². The molecule has 0 saturated heterocycles. The number of hydrogen-bond acceptors (Lipinski definition) is 6. The molecule has 4 heterocycles. The van der Waals surface area contributed by atoms with E-state index in [1.807, 2.05) is 24.0 Å². The summed E-state index contributed by atoms with van der Waals surface area (Å²) < 4.78 is 42.8. The highest BCUT2D eigenvalue weighted by atomic mass is 19.4. The largest absolute Gasteiger partial charge is 0.421 e. The van der Waals surface area contributed by atoms with Gasteiger partial charge in [-0.2, -0.15) is 18.3 Å². The Bertz CT molecular complexity index is 922. The van der Waals surface area contributed by atoms with Crippen LogP contribution in [0.5, 0.6) is 0 Å². The molecule has 0 spiro atoms. The number of aromatic nitrogens is 4. The van der Waals surface area contributed by atoms with Crippen molar-refractivity contribution in [1.82, 2.24) is 24.2 Å². The zero-order valence-corrected chi connectivity index (χ0v) is 14.8. The molecule has 144 valence electrons. The van der Waals surface area contributed by atoms with Crippen molar-refractivity contribution >= 4 is 11.5 Å². The molecule has 27 heavy (non-hydrogen) atoms. The number of nitrogens with one attached hydrogen (secondary N) is 1. The summed E-state index contributed by atoms with van der Waals surface area (Å²) in [5.41, 5.74) is 7.06. The van der Waals surface area contributed by atoms with Crippen molar-refractivity contribution in [1.29, 1.82) is 0 Å². The van der Waals surface area contributed by atoms with Gasteiger partial charge in [-0.15, -0.1) is 0 Å². The Hall–Kier alpha value is -2.98. The Balaban J connectivity index is 1.55. The van der Waals surface area contributed by atoms with Crippen LogP contribution in [0.25, 0.3) is 0 Å². The molecule has 2 unspecified atom stereocenters. The van der Waals surface area contributed by atoms with Gasteiger partial charge >= 0.3 is 6.18 Å². The van der Waals surface area contributed by atoms with Crippen LogP contribution < -0.4 is 11.1 Å². The summed E-state index contributed by atoms with van der Waals surface area (Å²) in [4.78, 5) is 9.44. The van der Waals surface area contributed by atoms with Gasteiger partial charge in [0, 0.05) is 26.0 Å². The van der Waals surface area contributed by atoms with Gasteiger partial charge in [0.1, 0.15) is 11.4 Å². The van der Waals surface area contributed by atoms with Gasteiger partial charge in [0.15, 0.2) is 6.29 Å². The standard InChI is InChI=1S/C16H19F3N8/c1-9-11(7-27(24-9)12-3-4-26-8-21-5-13(12)26)22-15-23-14(20)10(6-25(15)2)16(17,18)19/h5-8,12,15,22H,3-4H2,1-2H3,(H2,20,23). The molecule has 0 amide bonds. The number of alkyl halides is 3. The zero-order chi connectivity index (χ0) is 19.3. The van der Waals surface area contributed by atoms with E-state index in [2.05, 4.69) is 25.0 Å². The van der Waals surface area contributed by atoms with Crippen LogP contribution >= 0.6 is 0 Å². The molecular weight excluding hydrogens is 361 g/mol. The molecule has 0 aliphatic carbocycles. The number of fused-ring (bicyclic) bond motifs is 1. The van der Waals surface area contributed by atoms with E-state index in [0.29, 0.717) is 5.69 Å². The first-order chi connectivity index (χ1) is 12.7. The van der Waals surface area contributed by atoms with Gasteiger partial charge in [-0.25, -0.2) is 9.98 Å². The van der Waals surface area contributed by atoms with Crippen LogP contribution in [-0.4, -0.2) is 49.6 Å². The summed E-state index contributed by atoms with van der Waals surface area (Å²) >= 11 is 0. The fourth-order valence-corrected chi connectivity index (χ4v) is 3.38. The van der Waals surface area contributed by atoms with Crippen molar-refractivity contribution in [3.8, 4) is 0 Å². The van der Waals surface area contributed by atoms with Crippen LogP contribution in [0.1, 0.15) is 23.9 Å². The van der Waals surface area contributed by atoms with Gasteiger partial charge in [-0.1, -0.05) is 0 Å². The monoisotopic (exact) mass is 380 g/mol. The number of aliphatic imine (C=N–C) groups is 1. The number of nitrogens with two attached hydrogens (primary N) is 1. The molecule has 3 N–H and O–H groups in total. The van der Waals surface area contributed by atoms with E-state index in [1.54, 1.807) is 6.33 Å². The van der Waals surface area contributed by atoms with E-state index in [9.17, 15) is 13.2 Å². The fourth-order valence-electron chi connectivity index (χ4n) is 3.38. The highest BCUT2D eigenvalue weighted by Gasteiger charge is 2.39. The highest BCUT2D eigenvalue weighted by molar-refractivity contribution is 5.98. The number of aryl methyl sites for hydroxylation is 2. The Morgan fingerprint density at radius 2 is 2.11 bits per heavy atom. The molecule has 0 bridgehead atoms. The normalized spacial score (nSPS) is 22.5. The quantitative estimate of drug-likeness (QED) is 0.848. The molecule has 2 aliphatic rings. The number of halogens is 3. The number of hydrogen-bond donors (Lipinski definition) is 2. The predicted molar refractivity (Wildman–Crippen MR) is 92.9 cm³/mol. The van der Waals surface area contributed by atoms with E-state index >= 15 is 0 Å². The minimum absolute atomic E-state index is 0.0798. The first kappa shape index (κ1) is 17.4. The average Bonchev–Trinajstić information content (AvgIpc) is 3.25. The second-order valence-corrected chi connectivity index (χ2v) is 6.66. The molecule has 2 aromatic rings. The maximum Gasteiger partial charge on any atom is 0.421 e. The molecule has 2 atom stereocenters. The third kappa shape index (κ3) is 3.02. The fraction of sp³-hybridized carbons (Fsp3) is 0.438. The van der Waals surface area contributed by atoms with Crippen molar-refractivity contribution in [3.05, 3.63) is 41.9 Å². The van der Waals surface area contributed by atoms with Gasteiger partial charge in [0.25, 0.3) is 0 Å². The highest BCUT2D eigenvalue weighted by Crippen LogP contribution is 2.32. The van der Waals surface area contributed by atoms with Crippen molar-refractivity contribution in [2.24, 2.45) is 10.7 Å². The predicted octanol–water partition coefficient (Wildman–Crippen LogP) is 1.83. The second-order valence-electron chi connectivity index (χ2n) is 6.66. The summed E-state index contributed by atoms with van der Waals surface area (Å²) in [5.74, 6) is -0.539. The van der Waals surface area contributed by atoms with Crippen molar-refractivity contribution < 1.29 is 13.2 Å². The molecule has 0 radical (unpaired) electrons. The Morgan fingerprint density at radius 1 is 1.33 bits per heavy atom. The lowest BCUT2D eigenvalue weighted by Gasteiger charge is -2.30. The van der Waals surface area contributed by atoms with Crippen LogP contribution in [0.15, 0.2) is 35.5 Å². The van der Waals surface area contributed by atoms with Crippen LogP contribution in [0.4, 0.5) is 18.9 Å². The summed E-state index contributed by atoms with van der Waals surface area (Å²) in [5, 5.41) is 7.66. The molecule has 0 saturated carbocycles. The van der Waals surface area contributed by atoms with Gasteiger partial charge in [0.05, 0.1) is 35.6 Å². The summed E-state index contributed by atoms with van der Waals surface area (Å²) in [6.45, 7) is 2.71. The van der Waals surface area contributed by atoms with Crippen LogP contribution in [0.3, 0.4) is 0 Å². The molecule has 2 aromatic heterocycles. The SMILES string of the molecule is Cc1nn(C2CCn3cncc32)cc1NC1N=C(N)C(C(F)(F)F)=CN1C. The average molecular weight is 380 g/mol. The molecule has 4 rings (SSSR count). The minimum Gasteiger partial charge on any atom is -0.383 e. The van der Waals surface area contributed by atoms with Crippen molar-refractivity contribution in [2.75, 3.05) is 12.4 Å². The number of anilines is 1. The van der Waals surface area contributed by atoms with Crippen LogP contribution in [0, 0.1) is 6.92 Å². The van der Waals surface area contributed by atoms with Gasteiger partial charge in [0.2, 0.25) is 0 Å². The lowest BCUT2D eigenvalue weighted by atomic mass is 10.2. The molecule has 8 nitrogen and oxygen atoms in total. The maximum atomic E-state index is 13.0. The van der Waals surface area contributed by atoms with E-state index in [4.69, 9.17) is 5.73 Å². The van der Waals surface area contributed by atoms with E-state index in [-0.39, 0.29) is 6.04 Å². The Labute approximate surface area is 153 Å². The zero-order valence-electron chi connectivity index (χ0n) is 14.8. The number of nitrogens with zero attached hydrogens (tertiary/aromatic N) is 6. The van der Waals surface area contributed by atoms with Crippen molar-refractivity contribution in [3.63, 3.8) is 0 Å². The second kappa shape index (κ2) is 6.03. The number of rotatable bonds is 3. The summed E-state index contributed by atoms with van der Waals surface area (Å²) in [6, 6.07) is 0.0798. The smallest absolute Gasteiger partial charge is 0.383 e. The summed E-state index contributed by atoms with van der Waals surface area (Å²) in [7, 11) is 1.51. The first-order valence-corrected chi connectivity index (χ1v) is 8.41. The van der Waals surface area contributed by atoms with E-state index in [0.717, 1.165) is 30.6 Å². The molecular formula is C16H19F3N8. The topological polar surface area (TPSA) is 89.3 Å². The molecule has 11 heteroatoms. The Kier molecular flexibility index (Phi) is 3.89. The number of amidine groups is 1. The molecule has 0 aromatic carbocycles. The van der Waals surface area contributed by atoms with Gasteiger partial charge < -0.3 is 20.5 Å². The molecule has 0 fully saturated rings. The summed E-state index contributed by atoms with van der Waals surface area (Å²) in [6.07, 6.45) is 2.03. The lowest BCUT2D eigenvalue weighted by Crippen LogP contribution is -2.42. The van der Waals surface area contributed by atoms with Crippen LogP contribution in [-0.2, 0) is 6.54 Å². The number of imidazole rings is 1. The third-order valence-electron chi connectivity index (χ3n) is 4.81. The maximum absolute atomic E-state index is 13.0. The lowest BCUT2D eigenvalue weighted by molar-refractivity contribution is -0.0877. The third-order valence-corrected chi connectivity index (χ3v) is 4.81. The van der Waals surface area contributed by atoms with E-state index < -0.39 is 23.9 Å². The minimum atomic E-state index is -4.54. The Morgan fingerprint density at radius 3 is 2.85 bits per heavy atom. The first-order valence-electron chi connectivity index (χ1n) is 8.41. The van der Waals surface area contributed by atoms with Gasteiger partial charge in [-0.05, 0) is 13.3 Å². The van der Waals surface area contributed by atoms with Crippen molar-refractivity contribution in [2.45, 2.75) is 38.4 Å².